The molecule has 180 valence electrons. The van der Waals surface area contributed by atoms with Gasteiger partial charge in [0.05, 0.1) is 6.42 Å². The van der Waals surface area contributed by atoms with E-state index in [0.29, 0.717) is 12.3 Å². The summed E-state index contributed by atoms with van der Waals surface area (Å²) in [4.78, 5) is 32.3. The molecule has 1 saturated carbocycles. The van der Waals surface area contributed by atoms with Crippen molar-refractivity contribution in [3.05, 3.63) is 71.0 Å². The fraction of sp³-hybridized carbons (Fsp3) is 0.500. The molecule has 0 unspecified atom stereocenters. The second-order valence-electron chi connectivity index (χ2n) is 10.3. The summed E-state index contributed by atoms with van der Waals surface area (Å²) >= 11 is 0. The molecule has 34 heavy (non-hydrogen) atoms. The van der Waals surface area contributed by atoms with E-state index >= 15 is 0 Å². The number of carbonyl (C=O) groups excluding carboxylic acids is 2. The number of piperazine rings is 1. The van der Waals surface area contributed by atoms with Gasteiger partial charge in [0.15, 0.2) is 0 Å². The van der Waals surface area contributed by atoms with Crippen LogP contribution in [0.3, 0.4) is 0 Å². The summed E-state index contributed by atoms with van der Waals surface area (Å²) in [6, 6.07) is 14.8. The van der Waals surface area contributed by atoms with Crippen LogP contribution in [0.25, 0.3) is 0 Å². The Labute approximate surface area is 201 Å². The Hall–Kier alpha value is -2.73. The second kappa shape index (κ2) is 9.49. The van der Waals surface area contributed by atoms with Gasteiger partial charge < -0.3 is 9.80 Å². The van der Waals surface area contributed by atoms with Gasteiger partial charge in [-0.1, -0.05) is 36.4 Å². The van der Waals surface area contributed by atoms with Crippen LogP contribution >= 0.6 is 0 Å². The van der Waals surface area contributed by atoms with Crippen molar-refractivity contribution in [2.75, 3.05) is 39.3 Å². The number of hydrogen-bond donors (Lipinski definition) is 0. The third-order valence-corrected chi connectivity index (χ3v) is 8.18. The van der Waals surface area contributed by atoms with Crippen molar-refractivity contribution in [3.63, 3.8) is 0 Å². The van der Waals surface area contributed by atoms with E-state index in [1.807, 2.05) is 34.1 Å². The van der Waals surface area contributed by atoms with Crippen molar-refractivity contribution < 1.29 is 14.0 Å². The Bertz CT molecular complexity index is 1060. The third kappa shape index (κ3) is 4.88. The zero-order valence-corrected chi connectivity index (χ0v) is 20.0. The topological polar surface area (TPSA) is 43.9 Å². The predicted octanol–water partition coefficient (Wildman–Crippen LogP) is 3.65. The van der Waals surface area contributed by atoms with Gasteiger partial charge in [-0.25, -0.2) is 4.39 Å². The van der Waals surface area contributed by atoms with Gasteiger partial charge in [0.2, 0.25) is 11.8 Å². The summed E-state index contributed by atoms with van der Waals surface area (Å²) in [5, 5.41) is 0. The van der Waals surface area contributed by atoms with E-state index in [-0.39, 0.29) is 23.1 Å². The quantitative estimate of drug-likeness (QED) is 0.680. The molecule has 1 spiro atoms. The van der Waals surface area contributed by atoms with E-state index in [9.17, 15) is 14.0 Å². The molecule has 0 aromatic heterocycles. The molecule has 3 aliphatic rings. The molecule has 0 bridgehead atoms. The van der Waals surface area contributed by atoms with Crippen LogP contribution in [0.5, 0.6) is 0 Å². The van der Waals surface area contributed by atoms with Crippen LogP contribution in [0.4, 0.5) is 4.39 Å². The Morgan fingerprint density at radius 2 is 1.68 bits per heavy atom. The van der Waals surface area contributed by atoms with Gasteiger partial charge in [0, 0.05) is 51.7 Å². The fourth-order valence-electron chi connectivity index (χ4n) is 5.77. The molecule has 2 aromatic rings. The molecule has 5 nitrogen and oxygen atoms in total. The molecule has 1 atom stereocenters. The number of halogens is 1. The molecule has 2 aliphatic heterocycles. The van der Waals surface area contributed by atoms with Crippen LogP contribution in [-0.2, 0) is 22.6 Å². The Kier molecular flexibility index (Phi) is 6.43. The summed E-state index contributed by atoms with van der Waals surface area (Å²) in [5.74, 6) is 0.413. The SMILES string of the molecule is Cc1ccccc1CC(=O)N1CCC2(CC1)C[C@H]2C(=O)N1CCN(Cc2cccc(F)c2)CC1. The molecule has 2 heterocycles. The molecular formula is C28H34FN3O2. The number of rotatable bonds is 5. The average Bonchev–Trinajstić information content (AvgIpc) is 3.54. The maximum Gasteiger partial charge on any atom is 0.226 e. The first-order valence-corrected chi connectivity index (χ1v) is 12.5. The van der Waals surface area contributed by atoms with Gasteiger partial charge in [-0.15, -0.1) is 0 Å². The van der Waals surface area contributed by atoms with Crippen LogP contribution in [0.15, 0.2) is 48.5 Å². The van der Waals surface area contributed by atoms with Gasteiger partial charge in [0.25, 0.3) is 0 Å². The normalized spacial score (nSPS) is 22.1. The largest absolute Gasteiger partial charge is 0.342 e. The van der Waals surface area contributed by atoms with E-state index in [0.717, 1.165) is 81.8 Å². The summed E-state index contributed by atoms with van der Waals surface area (Å²) in [6.45, 7) is 7.41. The molecule has 0 radical (unpaired) electrons. The van der Waals surface area contributed by atoms with Gasteiger partial charge in [-0.2, -0.15) is 0 Å². The minimum Gasteiger partial charge on any atom is -0.342 e. The van der Waals surface area contributed by atoms with Crippen LogP contribution in [-0.4, -0.2) is 65.8 Å². The molecular weight excluding hydrogens is 429 g/mol. The summed E-state index contributed by atoms with van der Waals surface area (Å²) in [5.41, 5.74) is 3.34. The monoisotopic (exact) mass is 463 g/mol. The first-order chi connectivity index (χ1) is 16.4. The highest BCUT2D eigenvalue weighted by Gasteiger charge is 2.59. The fourth-order valence-corrected chi connectivity index (χ4v) is 5.77. The summed E-state index contributed by atoms with van der Waals surface area (Å²) in [6.07, 6.45) is 3.29. The molecule has 2 aromatic carbocycles. The van der Waals surface area contributed by atoms with Crippen molar-refractivity contribution in [1.29, 1.82) is 0 Å². The van der Waals surface area contributed by atoms with Crippen LogP contribution in [0.2, 0.25) is 0 Å². The first-order valence-electron chi connectivity index (χ1n) is 12.5. The van der Waals surface area contributed by atoms with Crippen molar-refractivity contribution >= 4 is 11.8 Å². The number of benzene rings is 2. The lowest BCUT2D eigenvalue weighted by molar-refractivity contribution is -0.136. The number of hydrogen-bond acceptors (Lipinski definition) is 3. The molecule has 6 heteroatoms. The number of piperidine rings is 1. The van der Waals surface area contributed by atoms with E-state index in [1.54, 1.807) is 12.1 Å². The summed E-state index contributed by atoms with van der Waals surface area (Å²) in [7, 11) is 0. The summed E-state index contributed by atoms with van der Waals surface area (Å²) < 4.78 is 13.4. The van der Waals surface area contributed by atoms with Gasteiger partial charge in [-0.3, -0.25) is 14.5 Å². The Balaban J connectivity index is 1.08. The van der Waals surface area contributed by atoms with Crippen molar-refractivity contribution in [2.24, 2.45) is 11.3 Å². The van der Waals surface area contributed by atoms with Crippen molar-refractivity contribution in [2.45, 2.75) is 39.2 Å². The van der Waals surface area contributed by atoms with Gasteiger partial charge >= 0.3 is 0 Å². The zero-order chi connectivity index (χ0) is 23.7. The maximum atomic E-state index is 13.4. The highest BCUT2D eigenvalue weighted by molar-refractivity contribution is 5.83. The smallest absolute Gasteiger partial charge is 0.226 e. The molecule has 5 rings (SSSR count). The molecule has 1 aliphatic carbocycles. The second-order valence-corrected chi connectivity index (χ2v) is 10.3. The Morgan fingerprint density at radius 3 is 2.38 bits per heavy atom. The lowest BCUT2D eigenvalue weighted by Gasteiger charge is -2.36. The number of nitrogens with zero attached hydrogens (tertiary/aromatic N) is 3. The molecule has 3 fully saturated rings. The third-order valence-electron chi connectivity index (χ3n) is 8.18. The minimum absolute atomic E-state index is 0.106. The van der Waals surface area contributed by atoms with Gasteiger partial charge in [-0.05, 0) is 60.4 Å². The van der Waals surface area contributed by atoms with E-state index in [4.69, 9.17) is 0 Å². The number of aryl methyl sites for hydroxylation is 1. The lowest BCUT2D eigenvalue weighted by Crippen LogP contribution is -2.49. The number of likely N-dealkylation sites (tertiary alicyclic amines) is 1. The van der Waals surface area contributed by atoms with Crippen LogP contribution in [0, 0.1) is 24.1 Å². The van der Waals surface area contributed by atoms with E-state index in [1.165, 1.54) is 6.07 Å². The number of carbonyl (C=O) groups is 2. The minimum atomic E-state index is -0.201. The first kappa shape index (κ1) is 23.0. The highest BCUT2D eigenvalue weighted by atomic mass is 19.1. The van der Waals surface area contributed by atoms with Crippen LogP contribution < -0.4 is 0 Å². The lowest BCUT2D eigenvalue weighted by atomic mass is 9.90. The maximum absolute atomic E-state index is 13.4. The predicted molar refractivity (Wildman–Crippen MR) is 129 cm³/mol. The molecule has 0 N–H and O–H groups in total. The van der Waals surface area contributed by atoms with E-state index < -0.39 is 0 Å². The standard InChI is InChI=1S/C28H34FN3O2/c1-21-5-2-3-7-23(21)18-26(33)31-11-9-28(10-12-31)19-25(28)27(34)32-15-13-30(14-16-32)20-22-6-4-8-24(29)17-22/h2-8,17,25H,9-16,18-20H2,1H3/t25-/m0/s1. The van der Waals surface area contributed by atoms with Crippen molar-refractivity contribution in [1.82, 2.24) is 14.7 Å². The van der Waals surface area contributed by atoms with Crippen LogP contribution in [0.1, 0.15) is 36.0 Å². The molecule has 2 saturated heterocycles. The molecule has 2 amide bonds. The van der Waals surface area contributed by atoms with E-state index in [2.05, 4.69) is 17.9 Å². The average molecular weight is 464 g/mol. The van der Waals surface area contributed by atoms with Gasteiger partial charge in [0.1, 0.15) is 5.82 Å². The Morgan fingerprint density at radius 1 is 0.941 bits per heavy atom. The number of amides is 2. The highest BCUT2D eigenvalue weighted by Crippen LogP contribution is 2.60. The zero-order valence-electron chi connectivity index (χ0n) is 20.0. The van der Waals surface area contributed by atoms with Crippen molar-refractivity contribution in [3.8, 4) is 0 Å².